The van der Waals surface area contributed by atoms with E-state index in [2.05, 4.69) is 10.3 Å². The van der Waals surface area contributed by atoms with Crippen LogP contribution in [-0.2, 0) is 0 Å². The van der Waals surface area contributed by atoms with Gasteiger partial charge in [-0.2, -0.15) is 0 Å². The molecule has 5 heteroatoms. The number of allylic oxidation sites excluding steroid dienone is 1. The summed E-state index contributed by atoms with van der Waals surface area (Å²) in [6, 6.07) is 6.55. The van der Waals surface area contributed by atoms with Crippen LogP contribution in [0, 0.1) is 10.1 Å². The lowest BCUT2D eigenvalue weighted by atomic mass is 10.1. The summed E-state index contributed by atoms with van der Waals surface area (Å²) in [7, 11) is 0. The first-order valence-electron chi connectivity index (χ1n) is 4.96. The summed E-state index contributed by atoms with van der Waals surface area (Å²) in [5.41, 5.74) is 1.77. The lowest BCUT2D eigenvalue weighted by Gasteiger charge is -2.07. The van der Waals surface area contributed by atoms with Gasteiger partial charge in [0.15, 0.2) is 0 Å². The molecule has 1 aromatic carbocycles. The summed E-state index contributed by atoms with van der Waals surface area (Å²) < 4.78 is 0. The van der Waals surface area contributed by atoms with Crippen molar-refractivity contribution in [3.8, 4) is 0 Å². The molecule has 1 N–H and O–H groups in total. The number of nitro benzene ring substituents is 1. The lowest BCUT2D eigenvalue weighted by Crippen LogP contribution is -2.14. The average Bonchev–Trinajstić information content (AvgIpc) is 2.57. The molecule has 82 valence electrons. The Bertz CT molecular complexity index is 466. The minimum absolute atomic E-state index is 0.0985. The number of nitrogens with zero attached hydrogens (tertiary/aromatic N) is 2. The van der Waals surface area contributed by atoms with Gasteiger partial charge < -0.3 is 5.32 Å². The standard InChI is InChI=1S/C11H11N3O2/c15-14(16)10-3-1-2-9(8-10)11-4-5-12-6-7-13-11/h1-5,8,13H,6-7H2. The Morgan fingerprint density at radius 2 is 2.31 bits per heavy atom. The number of non-ortho nitro benzene ring substituents is 1. The van der Waals surface area contributed by atoms with Crippen molar-refractivity contribution in [2.24, 2.45) is 4.99 Å². The van der Waals surface area contributed by atoms with Crippen LogP contribution in [0.5, 0.6) is 0 Å². The second-order valence-electron chi connectivity index (χ2n) is 3.37. The van der Waals surface area contributed by atoms with Crippen LogP contribution in [0.3, 0.4) is 0 Å². The molecule has 0 bridgehead atoms. The first-order valence-corrected chi connectivity index (χ1v) is 4.96. The normalized spacial score (nSPS) is 14.9. The van der Waals surface area contributed by atoms with E-state index in [0.29, 0.717) is 0 Å². The maximum atomic E-state index is 10.6. The van der Waals surface area contributed by atoms with Crippen molar-refractivity contribution in [2.75, 3.05) is 13.1 Å². The van der Waals surface area contributed by atoms with Crippen molar-refractivity contribution in [1.29, 1.82) is 0 Å². The fraction of sp³-hybridized carbons (Fsp3) is 0.182. The molecule has 0 aromatic heterocycles. The Labute approximate surface area is 92.7 Å². The van der Waals surface area contributed by atoms with Crippen molar-refractivity contribution in [1.82, 2.24) is 5.32 Å². The Morgan fingerprint density at radius 1 is 1.44 bits per heavy atom. The highest BCUT2D eigenvalue weighted by Crippen LogP contribution is 2.18. The van der Waals surface area contributed by atoms with Gasteiger partial charge in [0, 0.05) is 36.2 Å². The van der Waals surface area contributed by atoms with Crippen LogP contribution < -0.4 is 5.32 Å². The molecule has 1 aliphatic heterocycles. The number of nitrogens with one attached hydrogen (secondary N) is 1. The molecule has 0 aliphatic carbocycles. The van der Waals surface area contributed by atoms with E-state index >= 15 is 0 Å². The van der Waals surface area contributed by atoms with E-state index in [-0.39, 0.29) is 5.69 Å². The predicted molar refractivity (Wildman–Crippen MR) is 62.4 cm³/mol. The molecule has 0 radical (unpaired) electrons. The van der Waals surface area contributed by atoms with Crippen LogP contribution in [0.25, 0.3) is 5.70 Å². The highest BCUT2D eigenvalue weighted by molar-refractivity contribution is 5.84. The van der Waals surface area contributed by atoms with Gasteiger partial charge in [-0.05, 0) is 6.08 Å². The maximum Gasteiger partial charge on any atom is 0.270 e. The zero-order valence-electron chi connectivity index (χ0n) is 8.59. The van der Waals surface area contributed by atoms with Crippen molar-refractivity contribution >= 4 is 17.6 Å². The van der Waals surface area contributed by atoms with Gasteiger partial charge in [0.25, 0.3) is 5.69 Å². The first kappa shape index (κ1) is 10.4. The van der Waals surface area contributed by atoms with E-state index in [1.54, 1.807) is 18.3 Å². The Morgan fingerprint density at radius 3 is 3.12 bits per heavy atom. The summed E-state index contributed by atoms with van der Waals surface area (Å²) in [6.45, 7) is 1.46. The van der Waals surface area contributed by atoms with Gasteiger partial charge in [-0.25, -0.2) is 0 Å². The lowest BCUT2D eigenvalue weighted by molar-refractivity contribution is -0.384. The zero-order valence-corrected chi connectivity index (χ0v) is 8.59. The molecule has 0 fully saturated rings. The van der Waals surface area contributed by atoms with Gasteiger partial charge >= 0.3 is 0 Å². The topological polar surface area (TPSA) is 67.5 Å². The van der Waals surface area contributed by atoms with Gasteiger partial charge in [-0.3, -0.25) is 15.1 Å². The van der Waals surface area contributed by atoms with E-state index in [4.69, 9.17) is 0 Å². The molecule has 0 saturated heterocycles. The van der Waals surface area contributed by atoms with Gasteiger partial charge in [0.1, 0.15) is 0 Å². The fourth-order valence-electron chi connectivity index (χ4n) is 1.50. The highest BCUT2D eigenvalue weighted by Gasteiger charge is 2.08. The summed E-state index contributed by atoms with van der Waals surface area (Å²) >= 11 is 0. The van der Waals surface area contributed by atoms with Gasteiger partial charge in [0.05, 0.1) is 11.5 Å². The van der Waals surface area contributed by atoms with Crippen LogP contribution >= 0.6 is 0 Å². The minimum atomic E-state index is -0.394. The molecular formula is C11H11N3O2. The molecule has 1 aromatic rings. The first-order chi connectivity index (χ1) is 7.77. The summed E-state index contributed by atoms with van der Waals surface area (Å²) in [5.74, 6) is 0. The van der Waals surface area contributed by atoms with Crippen molar-refractivity contribution in [2.45, 2.75) is 0 Å². The molecule has 0 saturated carbocycles. The number of rotatable bonds is 2. The highest BCUT2D eigenvalue weighted by atomic mass is 16.6. The molecule has 1 heterocycles. The second kappa shape index (κ2) is 4.57. The average molecular weight is 217 g/mol. The van der Waals surface area contributed by atoms with Gasteiger partial charge in [0.2, 0.25) is 0 Å². The van der Waals surface area contributed by atoms with Crippen LogP contribution in [-0.4, -0.2) is 24.2 Å². The van der Waals surface area contributed by atoms with Crippen molar-refractivity contribution in [3.05, 3.63) is 46.0 Å². The summed E-state index contributed by atoms with van der Waals surface area (Å²) in [5, 5.41) is 13.8. The third-order valence-corrected chi connectivity index (χ3v) is 2.27. The van der Waals surface area contributed by atoms with Gasteiger partial charge in [-0.1, -0.05) is 12.1 Å². The largest absolute Gasteiger partial charge is 0.383 e. The number of hydrogen-bond acceptors (Lipinski definition) is 4. The second-order valence-corrected chi connectivity index (χ2v) is 3.37. The summed E-state index contributed by atoms with van der Waals surface area (Å²) in [4.78, 5) is 14.4. The Hall–Kier alpha value is -2.17. The Kier molecular flexibility index (Phi) is 2.95. The van der Waals surface area contributed by atoms with Crippen LogP contribution in [0.4, 0.5) is 5.69 Å². The van der Waals surface area contributed by atoms with Crippen molar-refractivity contribution in [3.63, 3.8) is 0 Å². The van der Waals surface area contributed by atoms with Crippen molar-refractivity contribution < 1.29 is 4.92 Å². The third-order valence-electron chi connectivity index (χ3n) is 2.27. The molecule has 0 spiro atoms. The fourth-order valence-corrected chi connectivity index (χ4v) is 1.50. The van der Waals surface area contributed by atoms with E-state index in [9.17, 15) is 10.1 Å². The molecule has 2 rings (SSSR count). The van der Waals surface area contributed by atoms with Crippen LogP contribution in [0.2, 0.25) is 0 Å². The van der Waals surface area contributed by atoms with E-state index in [0.717, 1.165) is 24.4 Å². The van der Waals surface area contributed by atoms with E-state index < -0.39 is 4.92 Å². The zero-order chi connectivity index (χ0) is 11.4. The molecule has 0 atom stereocenters. The molecule has 0 amide bonds. The molecule has 0 unspecified atom stereocenters. The predicted octanol–water partition coefficient (Wildman–Crippen LogP) is 1.61. The number of hydrogen-bond donors (Lipinski definition) is 1. The minimum Gasteiger partial charge on any atom is -0.383 e. The summed E-state index contributed by atoms with van der Waals surface area (Å²) in [6.07, 6.45) is 3.54. The maximum absolute atomic E-state index is 10.6. The third kappa shape index (κ3) is 2.25. The number of nitro groups is 1. The monoisotopic (exact) mass is 217 g/mol. The molecule has 5 nitrogen and oxygen atoms in total. The Balaban J connectivity index is 2.32. The van der Waals surface area contributed by atoms with Gasteiger partial charge in [-0.15, -0.1) is 0 Å². The molecule has 16 heavy (non-hydrogen) atoms. The van der Waals surface area contributed by atoms with E-state index in [1.807, 2.05) is 12.1 Å². The SMILES string of the molecule is O=[N+]([O-])c1cccc(C2=CC=NCCN2)c1. The van der Waals surface area contributed by atoms with Crippen LogP contribution in [0.15, 0.2) is 35.3 Å². The quantitative estimate of drug-likeness (QED) is 0.604. The number of aliphatic imine (C=N–C) groups is 1. The number of benzene rings is 1. The van der Waals surface area contributed by atoms with E-state index in [1.165, 1.54) is 6.07 Å². The van der Waals surface area contributed by atoms with Crippen LogP contribution in [0.1, 0.15) is 5.56 Å². The molecule has 1 aliphatic rings. The molecular weight excluding hydrogens is 206 g/mol. The smallest absolute Gasteiger partial charge is 0.270 e.